The van der Waals surface area contributed by atoms with Crippen LogP contribution in [-0.4, -0.2) is 138 Å². The van der Waals surface area contributed by atoms with Crippen molar-refractivity contribution in [2.45, 2.75) is 99.5 Å². The van der Waals surface area contributed by atoms with Crippen molar-refractivity contribution >= 4 is 63.5 Å². The molecule has 1 amide bonds. The molecular formula is C47H59IN4O10. The highest BCUT2D eigenvalue weighted by molar-refractivity contribution is 14.1. The van der Waals surface area contributed by atoms with Gasteiger partial charge in [-0.1, -0.05) is 66.8 Å². The molecule has 5 aliphatic heterocycles. The molecule has 3 aromatic rings. The lowest BCUT2D eigenvalue weighted by Crippen LogP contribution is -2.81. The molecule has 1 unspecified atom stereocenters. The number of ether oxygens (including phenoxy) is 4. The first-order valence-corrected chi connectivity index (χ1v) is 23.8. The molecule has 334 valence electrons. The number of aromatic amines is 1. The van der Waals surface area contributed by atoms with Crippen molar-refractivity contribution in [2.24, 2.45) is 11.3 Å². The Kier molecular flexibility index (Phi) is 11.6. The van der Waals surface area contributed by atoms with Gasteiger partial charge in [0.1, 0.15) is 11.2 Å². The number of alkyl halides is 1. The van der Waals surface area contributed by atoms with Gasteiger partial charge in [-0.15, -0.1) is 0 Å². The number of nitrogens with zero attached hydrogens (tertiary/aromatic N) is 3. The van der Waals surface area contributed by atoms with E-state index in [9.17, 15) is 24.6 Å². The molecule has 10 atom stereocenters. The molecule has 2 saturated heterocycles. The summed E-state index contributed by atoms with van der Waals surface area (Å²) in [4.78, 5) is 68.1. The highest BCUT2D eigenvalue weighted by Crippen LogP contribution is 2.68. The maximum atomic E-state index is 15.3. The van der Waals surface area contributed by atoms with Gasteiger partial charge in [0.2, 0.25) is 12.0 Å². The van der Waals surface area contributed by atoms with Gasteiger partial charge in [-0.3, -0.25) is 24.2 Å². The first-order valence-electron chi connectivity index (χ1n) is 21.6. The Morgan fingerprint density at radius 3 is 2.37 bits per heavy atom. The van der Waals surface area contributed by atoms with Crippen LogP contribution in [0.25, 0.3) is 10.9 Å². The number of esters is 3. The number of fused-ring (bicyclic) bond motifs is 6. The Hall–Kier alpha value is -4.03. The Morgan fingerprint density at radius 1 is 0.968 bits per heavy atom. The summed E-state index contributed by atoms with van der Waals surface area (Å²) in [5, 5.41) is 26.3. The van der Waals surface area contributed by atoms with Crippen molar-refractivity contribution in [3.63, 3.8) is 0 Å². The monoisotopic (exact) mass is 966 g/mol. The van der Waals surface area contributed by atoms with E-state index in [0.29, 0.717) is 99.5 Å². The molecule has 15 heteroatoms. The van der Waals surface area contributed by atoms with Gasteiger partial charge in [0.25, 0.3) is 0 Å². The number of benzene rings is 2. The van der Waals surface area contributed by atoms with Crippen molar-refractivity contribution in [3.05, 3.63) is 70.9 Å². The van der Waals surface area contributed by atoms with Crippen molar-refractivity contribution in [2.75, 3.05) is 63.9 Å². The van der Waals surface area contributed by atoms with E-state index in [0.717, 1.165) is 16.5 Å². The standard InChI is InChI=1S/C46H56N4O10.CH3I/c1-7-42(55)22-28-23-45(40(53)58-5,36-30(14-18-48(24-28)25-42)29-12-9-10-13-33(29)47-36)32-20-31-34(21-35(32)57-4)50(26-51)38-44(31)16-19-49-17-11-15-43(8-2,37(44)49)39(60-27(3)52)46(38,56)41(54)59-6;1-2/h9-13,15,20-21,26,28,37-39,47,55-56H,7-8,14,16-19,22-25H2,1-6H3;1H3/t28-,37+,38-,39-,42+,43-,44-,45+,46+;/m1./s1. The fourth-order valence-corrected chi connectivity index (χ4v) is 13.4. The summed E-state index contributed by atoms with van der Waals surface area (Å²) in [6, 6.07) is 9.97. The van der Waals surface area contributed by atoms with E-state index in [1.54, 1.807) is 6.07 Å². The second-order valence-electron chi connectivity index (χ2n) is 18.1. The van der Waals surface area contributed by atoms with E-state index in [-0.39, 0.29) is 12.3 Å². The number of hydrogen-bond acceptors (Lipinski definition) is 12. The first-order chi connectivity index (χ1) is 29.8. The number of rotatable bonds is 8. The molecule has 6 heterocycles. The zero-order valence-corrected chi connectivity index (χ0v) is 38.8. The summed E-state index contributed by atoms with van der Waals surface area (Å²) in [5.41, 5.74) is -3.15. The quantitative estimate of drug-likeness (QED) is 0.0720. The summed E-state index contributed by atoms with van der Waals surface area (Å²) < 4.78 is 23.7. The number of amides is 1. The van der Waals surface area contributed by atoms with Crippen LogP contribution in [0.5, 0.6) is 5.75 Å². The number of nitrogens with one attached hydrogen (secondary N) is 1. The van der Waals surface area contributed by atoms with Gasteiger partial charge >= 0.3 is 17.9 Å². The molecule has 3 N–H and O–H groups in total. The zero-order valence-electron chi connectivity index (χ0n) is 36.7. The highest BCUT2D eigenvalue weighted by atomic mass is 127. The van der Waals surface area contributed by atoms with Crippen LogP contribution < -0.4 is 9.64 Å². The maximum absolute atomic E-state index is 15.3. The van der Waals surface area contributed by atoms with E-state index < -0.39 is 63.5 Å². The van der Waals surface area contributed by atoms with Crippen LogP contribution in [0.3, 0.4) is 0 Å². The number of carbonyl (C=O) groups is 4. The van der Waals surface area contributed by atoms with E-state index >= 15 is 4.79 Å². The number of H-pyrrole nitrogens is 1. The molecule has 1 spiro atoms. The zero-order chi connectivity index (χ0) is 44.6. The van der Waals surface area contributed by atoms with Crippen molar-refractivity contribution in [3.8, 4) is 5.75 Å². The molecular weight excluding hydrogens is 907 g/mol. The van der Waals surface area contributed by atoms with Gasteiger partial charge in [0, 0.05) is 78.2 Å². The number of hydrogen-bond donors (Lipinski definition) is 3. The number of aromatic nitrogens is 1. The molecule has 14 nitrogen and oxygen atoms in total. The molecule has 62 heavy (non-hydrogen) atoms. The first kappa shape index (κ1) is 44.6. The second kappa shape index (κ2) is 16.2. The lowest BCUT2D eigenvalue weighted by Gasteiger charge is -2.63. The van der Waals surface area contributed by atoms with Crippen LogP contribution in [0.1, 0.15) is 75.3 Å². The van der Waals surface area contributed by atoms with E-state index in [1.807, 2.05) is 55.2 Å². The topological polar surface area (TPSA) is 171 Å². The van der Waals surface area contributed by atoms with Crippen molar-refractivity contribution in [1.82, 2.24) is 14.8 Å². The molecule has 1 aliphatic carbocycles. The van der Waals surface area contributed by atoms with Crippen molar-refractivity contribution < 1.29 is 48.3 Å². The molecule has 6 aliphatic rings. The predicted molar refractivity (Wildman–Crippen MR) is 241 cm³/mol. The van der Waals surface area contributed by atoms with Crippen LogP contribution >= 0.6 is 22.6 Å². The lowest BCUT2D eigenvalue weighted by atomic mass is 9.47. The molecule has 2 bridgehead atoms. The number of para-hydroxylation sites is 1. The molecule has 2 aromatic carbocycles. The average molecular weight is 967 g/mol. The number of anilines is 1. The second-order valence-corrected chi connectivity index (χ2v) is 18.1. The molecule has 3 fully saturated rings. The lowest BCUT2D eigenvalue weighted by molar-refractivity contribution is -0.228. The Bertz CT molecular complexity index is 2320. The van der Waals surface area contributed by atoms with Crippen LogP contribution in [0.4, 0.5) is 5.69 Å². The molecule has 0 radical (unpaired) electrons. The summed E-state index contributed by atoms with van der Waals surface area (Å²) >= 11 is 2.15. The van der Waals surface area contributed by atoms with Gasteiger partial charge in [0.05, 0.1) is 38.7 Å². The third kappa shape index (κ3) is 5.99. The van der Waals surface area contributed by atoms with E-state index in [4.69, 9.17) is 18.9 Å². The van der Waals surface area contributed by atoms with Gasteiger partial charge in [-0.05, 0) is 79.2 Å². The predicted octanol–water partition coefficient (Wildman–Crippen LogP) is 4.57. The van der Waals surface area contributed by atoms with Crippen LogP contribution in [0.15, 0.2) is 48.6 Å². The number of aliphatic hydroxyl groups is 2. The summed E-state index contributed by atoms with van der Waals surface area (Å²) in [6.07, 6.45) is 5.83. The Balaban J connectivity index is 0.00000261. The fourth-order valence-electron chi connectivity index (χ4n) is 13.4. The van der Waals surface area contributed by atoms with Crippen molar-refractivity contribution in [1.29, 1.82) is 0 Å². The van der Waals surface area contributed by atoms with E-state index in [2.05, 4.69) is 43.4 Å². The minimum Gasteiger partial charge on any atom is -0.496 e. The smallest absolute Gasteiger partial charge is 0.344 e. The fraction of sp³-hybridized carbons (Fsp3) is 0.574. The minimum absolute atomic E-state index is 0.155. The number of carbonyl (C=O) groups excluding carboxylic acids is 4. The maximum Gasteiger partial charge on any atom is 0.344 e. The third-order valence-corrected chi connectivity index (χ3v) is 15.5. The van der Waals surface area contributed by atoms with Gasteiger partial charge < -0.3 is 39.0 Å². The van der Waals surface area contributed by atoms with Gasteiger partial charge in [-0.2, -0.15) is 0 Å². The average Bonchev–Trinajstić information content (AvgIpc) is 3.96. The van der Waals surface area contributed by atoms with E-state index in [1.165, 1.54) is 33.2 Å². The SMILES string of the molecule is CC[C@]1(O)C[C@H]2CN(CCc3c([nH]c4ccccc34)[C@@](C(=O)OC)(c3cc4c(cc3OC)N(C=O)[C@H]3[C@@](O)(C(=O)OC)[C@H](OC(C)=O)[C@]5(CC)C=CCN6CC[C@]43[C@@H]65)C2)C1.CI. The van der Waals surface area contributed by atoms with Gasteiger partial charge in [-0.25, -0.2) is 4.79 Å². The molecule has 1 aromatic heterocycles. The highest BCUT2D eigenvalue weighted by Gasteiger charge is 2.81. The summed E-state index contributed by atoms with van der Waals surface area (Å²) in [6.45, 7) is 8.16. The number of piperidine rings is 1. The van der Waals surface area contributed by atoms with Crippen LogP contribution in [0.2, 0.25) is 0 Å². The molecule has 9 rings (SSSR count). The summed E-state index contributed by atoms with van der Waals surface area (Å²) in [5.74, 6) is -2.06. The number of halogens is 1. The van der Waals surface area contributed by atoms with Gasteiger partial charge in [0.15, 0.2) is 6.10 Å². The largest absolute Gasteiger partial charge is 0.496 e. The van der Waals surface area contributed by atoms with Crippen LogP contribution in [-0.2, 0) is 50.6 Å². The summed E-state index contributed by atoms with van der Waals surface area (Å²) in [7, 11) is 4.09. The minimum atomic E-state index is -2.53. The third-order valence-electron chi connectivity index (χ3n) is 15.5. The number of methoxy groups -OCH3 is 3. The Labute approximate surface area is 376 Å². The van der Waals surface area contributed by atoms with Crippen LogP contribution in [0, 0.1) is 11.3 Å². The normalized spacial score (nSPS) is 35.4. The Morgan fingerprint density at radius 2 is 1.71 bits per heavy atom. The molecule has 1 saturated carbocycles.